The molecule has 1 aromatic heterocycles. The molecule has 0 N–H and O–H groups in total. The van der Waals surface area contributed by atoms with Crippen LogP contribution < -0.4 is 0 Å². The van der Waals surface area contributed by atoms with Gasteiger partial charge in [-0.05, 0) is 78.2 Å². The van der Waals surface area contributed by atoms with Crippen molar-refractivity contribution in [1.29, 1.82) is 0 Å². The highest BCUT2D eigenvalue weighted by Gasteiger charge is 2.19. The van der Waals surface area contributed by atoms with Crippen LogP contribution in [-0.4, -0.2) is 0 Å². The van der Waals surface area contributed by atoms with Gasteiger partial charge in [0.05, 0.1) is 0 Å². The Morgan fingerprint density at radius 2 is 0.976 bits per heavy atom. The Morgan fingerprint density at radius 3 is 1.66 bits per heavy atom. The Kier molecular flexibility index (Phi) is 5.15. The summed E-state index contributed by atoms with van der Waals surface area (Å²) in [7, 11) is 0. The van der Waals surface area contributed by atoms with Gasteiger partial charge in [-0.1, -0.05) is 130 Å². The molecule has 7 aromatic carbocycles. The first-order valence-electron chi connectivity index (χ1n) is 14.4. The second kappa shape index (κ2) is 8.81. The normalized spacial score (nSPS) is 12.3. The predicted molar refractivity (Wildman–Crippen MR) is 176 cm³/mol. The Hall–Kier alpha value is -4.88. The Balaban J connectivity index is 1.40. The molecule has 0 saturated heterocycles. The van der Waals surface area contributed by atoms with E-state index in [1.54, 1.807) is 0 Å². The highest BCUT2D eigenvalue weighted by Crippen LogP contribution is 2.41. The number of fused-ring (bicyclic) bond motifs is 9. The predicted octanol–water partition coefficient (Wildman–Crippen LogP) is 11.7. The maximum absolute atomic E-state index is 6.46. The standard InChI is InChI=1S/C40H30O/c1-40(2,3)28-22-26(21-27(23-28)29-16-10-17-36-35-15-8-9-18-38(35)41-39(29)36)25-19-20-34-32-13-5-4-11-30(32)31-12-6-7-14-33(31)37(34)24-25/h4-24H,1-3H3. The van der Waals surface area contributed by atoms with Crippen LogP contribution in [0.15, 0.2) is 132 Å². The van der Waals surface area contributed by atoms with Gasteiger partial charge in [0, 0.05) is 16.3 Å². The summed E-state index contributed by atoms with van der Waals surface area (Å²) in [5.41, 5.74) is 7.93. The maximum Gasteiger partial charge on any atom is 0.143 e. The van der Waals surface area contributed by atoms with Crippen LogP contribution in [0.5, 0.6) is 0 Å². The summed E-state index contributed by atoms with van der Waals surface area (Å²) in [5, 5.41) is 10.1. The Morgan fingerprint density at radius 1 is 0.415 bits per heavy atom. The van der Waals surface area contributed by atoms with Crippen molar-refractivity contribution in [2.75, 3.05) is 0 Å². The van der Waals surface area contributed by atoms with Crippen molar-refractivity contribution >= 4 is 54.3 Å². The van der Waals surface area contributed by atoms with Crippen LogP contribution in [0, 0.1) is 0 Å². The van der Waals surface area contributed by atoms with Crippen molar-refractivity contribution in [2.24, 2.45) is 0 Å². The smallest absolute Gasteiger partial charge is 0.143 e. The van der Waals surface area contributed by atoms with Crippen LogP contribution in [0.3, 0.4) is 0 Å². The van der Waals surface area contributed by atoms with Crippen LogP contribution in [-0.2, 0) is 5.41 Å². The molecule has 0 aliphatic carbocycles. The second-order valence-corrected chi connectivity index (χ2v) is 12.2. The van der Waals surface area contributed by atoms with E-state index in [0.29, 0.717) is 0 Å². The minimum absolute atomic E-state index is 0.00766. The third-order valence-electron chi connectivity index (χ3n) is 8.59. The monoisotopic (exact) mass is 526 g/mol. The fourth-order valence-electron chi connectivity index (χ4n) is 6.44. The molecule has 41 heavy (non-hydrogen) atoms. The van der Waals surface area contributed by atoms with E-state index in [0.717, 1.165) is 27.5 Å². The molecule has 0 fully saturated rings. The number of furan rings is 1. The van der Waals surface area contributed by atoms with Crippen molar-refractivity contribution in [2.45, 2.75) is 26.2 Å². The fourth-order valence-corrected chi connectivity index (χ4v) is 6.44. The van der Waals surface area contributed by atoms with Crippen LogP contribution in [0.2, 0.25) is 0 Å². The molecule has 0 radical (unpaired) electrons. The van der Waals surface area contributed by atoms with Crippen LogP contribution in [0.1, 0.15) is 26.3 Å². The van der Waals surface area contributed by atoms with Crippen LogP contribution in [0.25, 0.3) is 76.5 Å². The summed E-state index contributed by atoms with van der Waals surface area (Å²) in [6.45, 7) is 6.87. The zero-order valence-corrected chi connectivity index (χ0v) is 23.5. The third-order valence-corrected chi connectivity index (χ3v) is 8.59. The number of rotatable bonds is 2. The van der Waals surface area contributed by atoms with Crippen molar-refractivity contribution in [3.8, 4) is 22.3 Å². The topological polar surface area (TPSA) is 13.1 Å². The molecule has 1 nitrogen and oxygen atoms in total. The van der Waals surface area contributed by atoms with E-state index in [-0.39, 0.29) is 5.41 Å². The van der Waals surface area contributed by atoms with Crippen molar-refractivity contribution in [3.05, 3.63) is 133 Å². The zero-order chi connectivity index (χ0) is 27.7. The van der Waals surface area contributed by atoms with E-state index in [1.165, 1.54) is 54.6 Å². The van der Waals surface area contributed by atoms with Gasteiger partial charge in [0.1, 0.15) is 11.2 Å². The molecule has 0 spiro atoms. The van der Waals surface area contributed by atoms with E-state index >= 15 is 0 Å². The molecule has 0 unspecified atom stereocenters. The molecular weight excluding hydrogens is 496 g/mol. The SMILES string of the molecule is CC(C)(C)c1cc(-c2ccc3c4ccccc4c4ccccc4c3c2)cc(-c2cccc3c2oc2ccccc23)c1. The highest BCUT2D eigenvalue weighted by molar-refractivity contribution is 6.25. The van der Waals surface area contributed by atoms with Crippen LogP contribution in [0.4, 0.5) is 0 Å². The summed E-state index contributed by atoms with van der Waals surface area (Å²) >= 11 is 0. The first kappa shape index (κ1) is 24.0. The lowest BCUT2D eigenvalue weighted by molar-refractivity contribution is 0.590. The molecule has 0 aliphatic rings. The lowest BCUT2D eigenvalue weighted by Gasteiger charge is -2.22. The zero-order valence-electron chi connectivity index (χ0n) is 23.5. The van der Waals surface area contributed by atoms with E-state index < -0.39 is 0 Å². The third kappa shape index (κ3) is 3.77. The molecule has 1 heterocycles. The molecule has 196 valence electrons. The molecule has 0 amide bonds. The van der Waals surface area contributed by atoms with Gasteiger partial charge in [0.25, 0.3) is 0 Å². The number of para-hydroxylation sites is 2. The van der Waals surface area contributed by atoms with Gasteiger partial charge in [-0.25, -0.2) is 0 Å². The lowest BCUT2D eigenvalue weighted by Crippen LogP contribution is -2.11. The van der Waals surface area contributed by atoms with Gasteiger partial charge >= 0.3 is 0 Å². The second-order valence-electron chi connectivity index (χ2n) is 12.2. The lowest BCUT2D eigenvalue weighted by atomic mass is 9.82. The molecule has 1 heteroatoms. The average molecular weight is 527 g/mol. The summed E-state index contributed by atoms with van der Waals surface area (Å²) in [6.07, 6.45) is 0. The summed E-state index contributed by atoms with van der Waals surface area (Å²) in [4.78, 5) is 0. The molecule has 8 rings (SSSR count). The maximum atomic E-state index is 6.46. The van der Waals surface area contributed by atoms with Crippen LogP contribution >= 0.6 is 0 Å². The van der Waals surface area contributed by atoms with E-state index in [4.69, 9.17) is 4.42 Å². The molecule has 8 aromatic rings. The first-order valence-corrected chi connectivity index (χ1v) is 14.4. The van der Waals surface area contributed by atoms with E-state index in [2.05, 4.69) is 142 Å². The van der Waals surface area contributed by atoms with E-state index in [1.807, 2.05) is 6.07 Å². The quantitative estimate of drug-likeness (QED) is 0.204. The van der Waals surface area contributed by atoms with Gasteiger partial charge in [-0.15, -0.1) is 0 Å². The average Bonchev–Trinajstić information content (AvgIpc) is 3.39. The number of hydrogen-bond acceptors (Lipinski definition) is 1. The summed E-state index contributed by atoms with van der Waals surface area (Å²) in [5.74, 6) is 0. The minimum atomic E-state index is -0.00766. The Labute approximate surface area is 239 Å². The van der Waals surface area contributed by atoms with Gasteiger partial charge in [-0.2, -0.15) is 0 Å². The number of benzene rings is 7. The number of hydrogen-bond donors (Lipinski definition) is 0. The first-order chi connectivity index (χ1) is 20.0. The van der Waals surface area contributed by atoms with Gasteiger partial charge in [0.2, 0.25) is 0 Å². The Bertz CT molecular complexity index is 2260. The highest BCUT2D eigenvalue weighted by atomic mass is 16.3. The fraction of sp³-hybridized carbons (Fsp3) is 0.100. The summed E-state index contributed by atoms with van der Waals surface area (Å²) in [6, 6.07) is 46.4. The minimum Gasteiger partial charge on any atom is -0.455 e. The van der Waals surface area contributed by atoms with Gasteiger partial charge in [0.15, 0.2) is 0 Å². The molecule has 0 atom stereocenters. The molecule has 0 saturated carbocycles. The van der Waals surface area contributed by atoms with Gasteiger partial charge < -0.3 is 4.42 Å². The molecular formula is C40H30O. The molecule has 0 bridgehead atoms. The van der Waals surface area contributed by atoms with Crippen molar-refractivity contribution in [1.82, 2.24) is 0 Å². The largest absolute Gasteiger partial charge is 0.455 e. The van der Waals surface area contributed by atoms with E-state index in [9.17, 15) is 0 Å². The van der Waals surface area contributed by atoms with Crippen molar-refractivity contribution < 1.29 is 4.42 Å². The van der Waals surface area contributed by atoms with Crippen molar-refractivity contribution in [3.63, 3.8) is 0 Å². The summed E-state index contributed by atoms with van der Waals surface area (Å²) < 4.78 is 6.46. The molecule has 0 aliphatic heterocycles. The van der Waals surface area contributed by atoms with Gasteiger partial charge in [-0.3, -0.25) is 0 Å².